The molecule has 8 heteroatoms. The largest absolute Gasteiger partial charge is 0.492 e. The second kappa shape index (κ2) is 8.02. The van der Waals surface area contributed by atoms with Crippen LogP contribution in [-0.4, -0.2) is 61.8 Å². The zero-order chi connectivity index (χ0) is 20.5. The summed E-state index contributed by atoms with van der Waals surface area (Å²) in [5.41, 5.74) is 1.54. The number of carbonyl (C=O) groups is 1. The number of rotatable bonds is 4. The molecule has 2 aliphatic heterocycles. The third-order valence-electron chi connectivity index (χ3n) is 5.30. The first-order valence-corrected chi connectivity index (χ1v) is 11.0. The summed E-state index contributed by atoms with van der Waals surface area (Å²) in [5.74, 6) is 2.19. The molecule has 0 atom stereocenters. The number of nitrogens with zero attached hydrogens (tertiary/aromatic N) is 3. The highest BCUT2D eigenvalue weighted by atomic mass is 32.1. The van der Waals surface area contributed by atoms with Crippen molar-refractivity contribution in [3.8, 4) is 17.2 Å². The second-order valence-corrected chi connectivity index (χ2v) is 8.18. The van der Waals surface area contributed by atoms with Crippen LogP contribution in [-0.2, 0) is 0 Å². The van der Waals surface area contributed by atoms with Crippen molar-refractivity contribution in [1.29, 1.82) is 0 Å². The van der Waals surface area contributed by atoms with Crippen molar-refractivity contribution in [2.45, 2.75) is 6.92 Å². The Morgan fingerprint density at radius 2 is 1.90 bits per heavy atom. The summed E-state index contributed by atoms with van der Waals surface area (Å²) >= 11 is 1.67. The van der Waals surface area contributed by atoms with Crippen LogP contribution >= 0.6 is 11.3 Å². The lowest BCUT2D eigenvalue weighted by molar-refractivity contribution is 0.0745. The lowest BCUT2D eigenvalue weighted by Gasteiger charge is -2.34. The fourth-order valence-electron chi connectivity index (χ4n) is 3.78. The van der Waals surface area contributed by atoms with E-state index in [0.717, 1.165) is 34.2 Å². The number of benzene rings is 2. The van der Waals surface area contributed by atoms with E-state index in [0.29, 0.717) is 50.0 Å². The summed E-state index contributed by atoms with van der Waals surface area (Å²) in [7, 11) is 0. The fraction of sp³-hybridized carbons (Fsp3) is 0.364. The molecule has 7 nitrogen and oxygen atoms in total. The van der Waals surface area contributed by atoms with E-state index >= 15 is 0 Å². The Hall–Kier alpha value is -3.00. The third-order valence-corrected chi connectivity index (χ3v) is 6.38. The molecule has 1 fully saturated rings. The predicted octanol–water partition coefficient (Wildman–Crippen LogP) is 3.43. The molecule has 2 aromatic carbocycles. The van der Waals surface area contributed by atoms with E-state index in [4.69, 9.17) is 19.2 Å². The Morgan fingerprint density at radius 3 is 2.70 bits per heavy atom. The van der Waals surface area contributed by atoms with Gasteiger partial charge in [0.05, 0.1) is 11.3 Å². The van der Waals surface area contributed by atoms with Crippen LogP contribution in [0.1, 0.15) is 17.3 Å². The van der Waals surface area contributed by atoms with Crippen molar-refractivity contribution in [2.24, 2.45) is 0 Å². The molecule has 5 rings (SSSR count). The molecule has 0 bridgehead atoms. The highest BCUT2D eigenvalue weighted by molar-refractivity contribution is 7.22. The zero-order valence-corrected chi connectivity index (χ0v) is 17.6. The van der Waals surface area contributed by atoms with Gasteiger partial charge in [0.2, 0.25) is 0 Å². The SMILES string of the molecule is CCOc1cccc2sc(N3CCN(C(=O)c4ccc5c(c4)OCCO5)CC3)nc12. The summed E-state index contributed by atoms with van der Waals surface area (Å²) in [6.45, 7) is 6.45. The van der Waals surface area contributed by atoms with Gasteiger partial charge in [0, 0.05) is 31.7 Å². The monoisotopic (exact) mass is 425 g/mol. The Kier molecular flexibility index (Phi) is 5.08. The molecule has 0 aliphatic carbocycles. The summed E-state index contributed by atoms with van der Waals surface area (Å²) in [4.78, 5) is 21.9. The molecule has 1 amide bonds. The topological polar surface area (TPSA) is 64.1 Å². The van der Waals surface area contributed by atoms with Crippen LogP contribution in [0, 0.1) is 0 Å². The van der Waals surface area contributed by atoms with Crippen molar-refractivity contribution >= 4 is 32.6 Å². The molecule has 3 heterocycles. The highest BCUT2D eigenvalue weighted by Gasteiger charge is 2.25. The molecule has 2 aliphatic rings. The number of carbonyl (C=O) groups excluding carboxylic acids is 1. The standard InChI is InChI=1S/C22H23N3O4S/c1-2-27-17-4-3-5-19-20(17)23-22(30-19)25-10-8-24(9-11-25)21(26)15-6-7-16-18(14-15)29-13-12-28-16/h3-7,14H,2,8-13H2,1H3. The maximum atomic E-state index is 13.0. The van der Waals surface area contributed by atoms with Gasteiger partial charge in [0.15, 0.2) is 16.6 Å². The van der Waals surface area contributed by atoms with Gasteiger partial charge in [-0.3, -0.25) is 4.79 Å². The summed E-state index contributed by atoms with van der Waals surface area (Å²) in [5, 5.41) is 0.976. The number of piperazine rings is 1. The molecule has 1 aromatic heterocycles. The number of para-hydroxylation sites is 1. The van der Waals surface area contributed by atoms with E-state index in [-0.39, 0.29) is 5.91 Å². The molecule has 0 saturated carbocycles. The molecular formula is C22H23N3O4S. The van der Waals surface area contributed by atoms with Crippen LogP contribution in [0.4, 0.5) is 5.13 Å². The van der Waals surface area contributed by atoms with Gasteiger partial charge in [0.1, 0.15) is 24.5 Å². The Bertz CT molecular complexity index is 1080. The lowest BCUT2D eigenvalue weighted by atomic mass is 10.1. The molecule has 0 radical (unpaired) electrons. The van der Waals surface area contributed by atoms with Crippen LogP contribution in [0.15, 0.2) is 36.4 Å². The van der Waals surface area contributed by atoms with Crippen molar-refractivity contribution in [2.75, 3.05) is 50.9 Å². The number of ether oxygens (including phenoxy) is 3. The normalized spacial score (nSPS) is 16.0. The van der Waals surface area contributed by atoms with Crippen LogP contribution in [0.25, 0.3) is 10.2 Å². The number of hydrogen-bond acceptors (Lipinski definition) is 7. The average Bonchev–Trinajstić information content (AvgIpc) is 3.24. The maximum absolute atomic E-state index is 13.0. The van der Waals surface area contributed by atoms with E-state index in [9.17, 15) is 4.79 Å². The summed E-state index contributed by atoms with van der Waals surface area (Å²) in [6.07, 6.45) is 0. The van der Waals surface area contributed by atoms with Gasteiger partial charge in [-0.2, -0.15) is 0 Å². The number of aromatic nitrogens is 1. The van der Waals surface area contributed by atoms with Crippen LogP contribution in [0.2, 0.25) is 0 Å². The zero-order valence-electron chi connectivity index (χ0n) is 16.8. The third kappa shape index (κ3) is 3.52. The van der Waals surface area contributed by atoms with Gasteiger partial charge < -0.3 is 24.0 Å². The van der Waals surface area contributed by atoms with E-state index in [1.807, 2.05) is 36.1 Å². The molecule has 3 aromatic rings. The number of hydrogen-bond donors (Lipinski definition) is 0. The van der Waals surface area contributed by atoms with Crippen molar-refractivity contribution < 1.29 is 19.0 Å². The van der Waals surface area contributed by atoms with Crippen molar-refractivity contribution in [1.82, 2.24) is 9.88 Å². The minimum Gasteiger partial charge on any atom is -0.492 e. The molecule has 1 saturated heterocycles. The molecule has 0 unspecified atom stereocenters. The number of amides is 1. The Balaban J connectivity index is 1.28. The predicted molar refractivity (Wildman–Crippen MR) is 116 cm³/mol. The van der Waals surface area contributed by atoms with Gasteiger partial charge in [-0.25, -0.2) is 4.98 Å². The first kappa shape index (κ1) is 19.0. The lowest BCUT2D eigenvalue weighted by Crippen LogP contribution is -2.48. The summed E-state index contributed by atoms with van der Waals surface area (Å²) in [6, 6.07) is 11.4. The molecule has 156 valence electrons. The van der Waals surface area contributed by atoms with Gasteiger partial charge in [-0.05, 0) is 37.3 Å². The van der Waals surface area contributed by atoms with E-state index in [2.05, 4.69) is 11.0 Å². The van der Waals surface area contributed by atoms with Crippen molar-refractivity contribution in [3.63, 3.8) is 0 Å². The first-order valence-electron chi connectivity index (χ1n) is 10.2. The van der Waals surface area contributed by atoms with Gasteiger partial charge in [-0.15, -0.1) is 0 Å². The Labute approximate surface area is 178 Å². The number of thiazole rings is 1. The Morgan fingerprint density at radius 1 is 1.10 bits per heavy atom. The number of anilines is 1. The molecular weight excluding hydrogens is 402 g/mol. The van der Waals surface area contributed by atoms with E-state index in [1.54, 1.807) is 17.4 Å². The van der Waals surface area contributed by atoms with E-state index < -0.39 is 0 Å². The summed E-state index contributed by atoms with van der Waals surface area (Å²) < 4.78 is 18.0. The van der Waals surface area contributed by atoms with E-state index in [1.165, 1.54) is 0 Å². The van der Waals surface area contributed by atoms with Crippen molar-refractivity contribution in [3.05, 3.63) is 42.0 Å². The van der Waals surface area contributed by atoms with Crippen LogP contribution in [0.3, 0.4) is 0 Å². The minimum absolute atomic E-state index is 0.0227. The fourth-order valence-corrected chi connectivity index (χ4v) is 4.81. The number of fused-ring (bicyclic) bond motifs is 2. The average molecular weight is 426 g/mol. The maximum Gasteiger partial charge on any atom is 0.254 e. The van der Waals surface area contributed by atoms with Gasteiger partial charge in [-0.1, -0.05) is 17.4 Å². The minimum atomic E-state index is 0.0227. The van der Waals surface area contributed by atoms with Crippen LogP contribution in [0.5, 0.6) is 17.2 Å². The first-order chi connectivity index (χ1) is 14.7. The molecule has 30 heavy (non-hydrogen) atoms. The molecule has 0 N–H and O–H groups in total. The second-order valence-electron chi connectivity index (χ2n) is 7.17. The molecule has 0 spiro atoms. The smallest absolute Gasteiger partial charge is 0.254 e. The quantitative estimate of drug-likeness (QED) is 0.638. The van der Waals surface area contributed by atoms with Crippen LogP contribution < -0.4 is 19.1 Å². The van der Waals surface area contributed by atoms with Gasteiger partial charge in [0.25, 0.3) is 5.91 Å². The highest BCUT2D eigenvalue weighted by Crippen LogP contribution is 2.35. The van der Waals surface area contributed by atoms with Gasteiger partial charge >= 0.3 is 0 Å².